The predicted molar refractivity (Wildman–Crippen MR) is 94.1 cm³/mol. The quantitative estimate of drug-likeness (QED) is 0.593. The molecular formula is C18H28F2N4. The Hall–Kier alpha value is -1.69. The Morgan fingerprint density at radius 1 is 1.21 bits per heavy atom. The number of likely N-dealkylation sites (tertiary alicyclic amines) is 1. The molecule has 4 nitrogen and oxygen atoms in total. The lowest BCUT2D eigenvalue weighted by Crippen LogP contribution is -2.46. The third kappa shape index (κ3) is 5.44. The zero-order chi connectivity index (χ0) is 17.4. The van der Waals surface area contributed by atoms with Gasteiger partial charge in [-0.1, -0.05) is 6.92 Å². The molecule has 0 aliphatic carbocycles. The number of aliphatic imine (C=N–C) groups is 1. The van der Waals surface area contributed by atoms with Gasteiger partial charge in [-0.05, 0) is 57.5 Å². The number of nitrogens with one attached hydrogen (secondary N) is 2. The lowest BCUT2D eigenvalue weighted by atomic mass is 10.2. The second kappa shape index (κ2) is 9.57. The average molecular weight is 338 g/mol. The topological polar surface area (TPSA) is 39.7 Å². The molecule has 1 aliphatic heterocycles. The second-order valence-corrected chi connectivity index (χ2v) is 6.12. The van der Waals surface area contributed by atoms with Gasteiger partial charge in [0.25, 0.3) is 0 Å². The minimum absolute atomic E-state index is 0.111. The summed E-state index contributed by atoms with van der Waals surface area (Å²) >= 11 is 0. The van der Waals surface area contributed by atoms with E-state index in [1.54, 1.807) is 0 Å². The van der Waals surface area contributed by atoms with Gasteiger partial charge in [-0.15, -0.1) is 0 Å². The molecule has 0 amide bonds. The van der Waals surface area contributed by atoms with Gasteiger partial charge in [-0.2, -0.15) is 0 Å². The first-order valence-electron chi connectivity index (χ1n) is 8.84. The van der Waals surface area contributed by atoms with E-state index in [-0.39, 0.29) is 12.1 Å². The van der Waals surface area contributed by atoms with E-state index in [0.717, 1.165) is 44.7 Å². The van der Waals surface area contributed by atoms with Gasteiger partial charge in [-0.3, -0.25) is 4.90 Å². The van der Waals surface area contributed by atoms with Crippen molar-refractivity contribution in [3.63, 3.8) is 0 Å². The van der Waals surface area contributed by atoms with Crippen molar-refractivity contribution in [1.29, 1.82) is 0 Å². The number of rotatable bonds is 7. The lowest BCUT2D eigenvalue weighted by Gasteiger charge is -2.27. The highest BCUT2D eigenvalue weighted by molar-refractivity contribution is 5.79. The largest absolute Gasteiger partial charge is 0.357 e. The normalized spacial score (nSPS) is 17.1. The molecule has 134 valence electrons. The zero-order valence-corrected chi connectivity index (χ0v) is 14.6. The van der Waals surface area contributed by atoms with Crippen LogP contribution in [0.15, 0.2) is 23.2 Å². The van der Waals surface area contributed by atoms with Crippen LogP contribution >= 0.6 is 0 Å². The molecule has 0 bridgehead atoms. The fraction of sp³-hybridized carbons (Fsp3) is 0.611. The highest BCUT2D eigenvalue weighted by atomic mass is 19.1. The number of hydrogen-bond donors (Lipinski definition) is 2. The van der Waals surface area contributed by atoms with Crippen molar-refractivity contribution in [3.05, 3.63) is 35.4 Å². The van der Waals surface area contributed by atoms with Crippen LogP contribution in [0.4, 0.5) is 8.78 Å². The summed E-state index contributed by atoms with van der Waals surface area (Å²) in [6.07, 6.45) is 3.61. The van der Waals surface area contributed by atoms with E-state index < -0.39 is 11.6 Å². The molecule has 1 fully saturated rings. The van der Waals surface area contributed by atoms with Crippen LogP contribution in [0, 0.1) is 11.6 Å². The minimum atomic E-state index is -0.445. The molecule has 1 aromatic rings. The van der Waals surface area contributed by atoms with Gasteiger partial charge in [0, 0.05) is 24.7 Å². The molecule has 24 heavy (non-hydrogen) atoms. The Balaban J connectivity index is 1.95. The first kappa shape index (κ1) is 18.6. The Labute approximate surface area is 143 Å². The molecule has 1 saturated heterocycles. The Bertz CT molecular complexity index is 542. The van der Waals surface area contributed by atoms with E-state index in [1.807, 2.05) is 6.92 Å². The molecule has 1 aromatic carbocycles. The maximum absolute atomic E-state index is 13.7. The van der Waals surface area contributed by atoms with Crippen LogP contribution in [0.25, 0.3) is 0 Å². The number of halogens is 2. The molecule has 2 rings (SSSR count). The van der Waals surface area contributed by atoms with E-state index in [9.17, 15) is 8.78 Å². The first-order valence-corrected chi connectivity index (χ1v) is 8.84. The van der Waals surface area contributed by atoms with Gasteiger partial charge < -0.3 is 10.6 Å². The van der Waals surface area contributed by atoms with Crippen molar-refractivity contribution in [2.24, 2.45) is 4.99 Å². The molecule has 0 spiro atoms. The van der Waals surface area contributed by atoms with Crippen LogP contribution in [0.5, 0.6) is 0 Å². The number of guanidine groups is 1. The number of hydrogen-bond acceptors (Lipinski definition) is 2. The van der Waals surface area contributed by atoms with Crippen LogP contribution in [0.3, 0.4) is 0 Å². The molecule has 1 atom stereocenters. The van der Waals surface area contributed by atoms with E-state index in [4.69, 9.17) is 0 Å². The predicted octanol–water partition coefficient (Wildman–Crippen LogP) is 2.89. The zero-order valence-electron chi connectivity index (χ0n) is 14.6. The summed E-state index contributed by atoms with van der Waals surface area (Å²) in [5.41, 5.74) is 0.263. The second-order valence-electron chi connectivity index (χ2n) is 6.12. The molecule has 1 aliphatic rings. The van der Waals surface area contributed by atoms with Crippen molar-refractivity contribution < 1.29 is 8.78 Å². The summed E-state index contributed by atoms with van der Waals surface area (Å²) in [5, 5.41) is 6.50. The van der Waals surface area contributed by atoms with Crippen molar-refractivity contribution in [2.45, 2.75) is 45.7 Å². The first-order chi connectivity index (χ1) is 11.6. The van der Waals surface area contributed by atoms with Gasteiger partial charge in [0.05, 0.1) is 6.54 Å². The van der Waals surface area contributed by atoms with Crippen molar-refractivity contribution in [3.8, 4) is 0 Å². The number of benzene rings is 1. The molecular weight excluding hydrogens is 310 g/mol. The van der Waals surface area contributed by atoms with E-state index in [2.05, 4.69) is 27.4 Å². The maximum Gasteiger partial charge on any atom is 0.191 e. The fourth-order valence-electron chi connectivity index (χ4n) is 3.02. The molecule has 0 aromatic heterocycles. The third-order valence-electron chi connectivity index (χ3n) is 4.39. The van der Waals surface area contributed by atoms with Gasteiger partial charge in [-0.25, -0.2) is 13.8 Å². The van der Waals surface area contributed by atoms with Gasteiger partial charge >= 0.3 is 0 Å². The fourth-order valence-corrected chi connectivity index (χ4v) is 3.02. The summed E-state index contributed by atoms with van der Waals surface area (Å²) in [7, 11) is 0. The Morgan fingerprint density at radius 3 is 2.62 bits per heavy atom. The van der Waals surface area contributed by atoms with Gasteiger partial charge in [0.1, 0.15) is 11.6 Å². The highest BCUT2D eigenvalue weighted by Gasteiger charge is 2.20. The van der Waals surface area contributed by atoms with Gasteiger partial charge in [0.15, 0.2) is 5.96 Å². The van der Waals surface area contributed by atoms with E-state index in [1.165, 1.54) is 18.9 Å². The van der Waals surface area contributed by atoms with Crippen LogP contribution in [0.2, 0.25) is 0 Å². The molecule has 0 saturated carbocycles. The monoisotopic (exact) mass is 338 g/mol. The standard InChI is InChI=1S/C18H28F2N4/c1-3-16(24-9-5-6-10-24)13-23-18(21-4-2)22-12-14-11-15(19)7-8-17(14)20/h7-8,11,16H,3-6,9-10,12-13H2,1-2H3,(H2,21,22,23). The van der Waals surface area contributed by atoms with Crippen molar-refractivity contribution >= 4 is 5.96 Å². The maximum atomic E-state index is 13.7. The van der Waals surface area contributed by atoms with Crippen molar-refractivity contribution in [2.75, 3.05) is 26.2 Å². The summed E-state index contributed by atoms with van der Waals surface area (Å²) in [4.78, 5) is 6.89. The average Bonchev–Trinajstić information content (AvgIpc) is 3.10. The van der Waals surface area contributed by atoms with Crippen LogP contribution in [0.1, 0.15) is 38.7 Å². The number of nitrogens with zero attached hydrogens (tertiary/aromatic N) is 2. The molecule has 0 radical (unpaired) electrons. The highest BCUT2D eigenvalue weighted by Crippen LogP contribution is 2.13. The van der Waals surface area contributed by atoms with E-state index in [0.29, 0.717) is 12.0 Å². The van der Waals surface area contributed by atoms with Gasteiger partial charge in [0.2, 0.25) is 0 Å². The molecule has 1 heterocycles. The third-order valence-corrected chi connectivity index (χ3v) is 4.39. The smallest absolute Gasteiger partial charge is 0.191 e. The van der Waals surface area contributed by atoms with E-state index >= 15 is 0 Å². The van der Waals surface area contributed by atoms with Crippen LogP contribution in [-0.4, -0.2) is 43.1 Å². The van der Waals surface area contributed by atoms with Crippen LogP contribution in [-0.2, 0) is 6.54 Å². The Morgan fingerprint density at radius 2 is 1.96 bits per heavy atom. The molecule has 6 heteroatoms. The minimum Gasteiger partial charge on any atom is -0.357 e. The summed E-state index contributed by atoms with van der Waals surface area (Å²) in [6, 6.07) is 3.93. The summed E-state index contributed by atoms with van der Waals surface area (Å²) in [6.45, 7) is 8.12. The van der Waals surface area contributed by atoms with Crippen LogP contribution < -0.4 is 10.6 Å². The molecule has 2 N–H and O–H groups in total. The SMILES string of the molecule is CCNC(=NCc1cc(F)ccc1F)NCC(CC)N1CCCC1. The van der Waals surface area contributed by atoms with Crippen molar-refractivity contribution in [1.82, 2.24) is 15.5 Å². The lowest BCUT2D eigenvalue weighted by molar-refractivity contribution is 0.236. The molecule has 1 unspecified atom stereocenters. The summed E-state index contributed by atoms with van der Waals surface area (Å²) in [5.74, 6) is -0.238. The summed E-state index contributed by atoms with van der Waals surface area (Å²) < 4.78 is 26.9. The Kier molecular flexibility index (Phi) is 7.43.